The van der Waals surface area contributed by atoms with Crippen LogP contribution in [-0.2, 0) is 17.1 Å². The predicted molar refractivity (Wildman–Crippen MR) is 109 cm³/mol. The van der Waals surface area contributed by atoms with E-state index in [0.29, 0.717) is 0 Å². The Bertz CT molecular complexity index is 610. The van der Waals surface area contributed by atoms with E-state index in [1.807, 2.05) is 60.7 Å². The summed E-state index contributed by atoms with van der Waals surface area (Å²) in [5.41, 5.74) is 1.72. The first-order valence-corrected chi connectivity index (χ1v) is 9.50. The quantitative estimate of drug-likeness (QED) is 0.291. The van der Waals surface area contributed by atoms with Gasteiger partial charge in [0.15, 0.2) is 0 Å². The van der Waals surface area contributed by atoms with Gasteiger partial charge in [0.2, 0.25) is 0 Å². The number of aliphatic hydroxyl groups is 2. The van der Waals surface area contributed by atoms with Crippen LogP contribution in [0.3, 0.4) is 0 Å². The summed E-state index contributed by atoms with van der Waals surface area (Å²) in [7, 11) is 0. The Morgan fingerprint density at radius 2 is 1.10 bits per heavy atom. The van der Waals surface area contributed by atoms with Crippen molar-refractivity contribution in [2.24, 2.45) is 0 Å². The maximum absolute atomic E-state index is 9.77. The van der Waals surface area contributed by atoms with Crippen molar-refractivity contribution in [1.29, 1.82) is 0 Å². The van der Waals surface area contributed by atoms with Crippen LogP contribution in [0.25, 0.3) is 10.6 Å². The molecule has 0 bridgehead atoms. The number of nitrogens with zero attached hydrogens (tertiary/aromatic N) is 2. The standard InChI is InChI=1S/2C10H14N3O.Cu/c2*14-9(8-4-2-1-3-5-8)13-10-11-6-7-12-10;/h2*1-5,9-11,13-14H,6-7H2;/q2*-1;+2. The van der Waals surface area contributed by atoms with Crippen LogP contribution in [0.4, 0.5) is 0 Å². The van der Waals surface area contributed by atoms with Crippen LogP contribution in [0.1, 0.15) is 23.6 Å². The zero-order chi connectivity index (χ0) is 19.6. The van der Waals surface area contributed by atoms with Gasteiger partial charge in [0.1, 0.15) is 12.5 Å². The molecule has 4 unspecified atom stereocenters. The second-order valence-corrected chi connectivity index (χ2v) is 6.49. The number of hydrogen-bond acceptors (Lipinski definition) is 6. The molecule has 0 saturated carbocycles. The zero-order valence-electron chi connectivity index (χ0n) is 16.0. The van der Waals surface area contributed by atoms with Crippen LogP contribution in [0.5, 0.6) is 0 Å². The third-order valence-electron chi connectivity index (χ3n) is 4.38. The summed E-state index contributed by atoms with van der Waals surface area (Å²) in [6.07, 6.45) is -1.55. The molecule has 2 aromatic carbocycles. The Kier molecular flexibility index (Phi) is 10.8. The Hall–Kier alpha value is -1.36. The minimum Gasteiger partial charge on any atom is -0.634 e. The Morgan fingerprint density at radius 1 is 0.724 bits per heavy atom. The van der Waals surface area contributed by atoms with Crippen molar-refractivity contribution in [3.05, 3.63) is 82.4 Å². The third-order valence-corrected chi connectivity index (χ3v) is 4.38. The van der Waals surface area contributed by atoms with Gasteiger partial charge in [0, 0.05) is 0 Å². The molecule has 1 radical (unpaired) electrons. The second kappa shape index (κ2) is 13.0. The van der Waals surface area contributed by atoms with Gasteiger partial charge in [-0.25, -0.2) is 0 Å². The maximum Gasteiger partial charge on any atom is 2.00 e. The molecule has 6 N–H and O–H groups in total. The predicted octanol–water partition coefficient (Wildman–Crippen LogP) is 1.05. The molecule has 2 heterocycles. The molecular weight excluding hydrogens is 420 g/mol. The van der Waals surface area contributed by atoms with Crippen LogP contribution < -0.4 is 21.3 Å². The van der Waals surface area contributed by atoms with E-state index < -0.39 is 12.5 Å². The van der Waals surface area contributed by atoms with Gasteiger partial charge in [-0.3, -0.25) is 10.6 Å². The topological polar surface area (TPSA) is 117 Å². The summed E-state index contributed by atoms with van der Waals surface area (Å²) < 4.78 is 0. The van der Waals surface area contributed by atoms with E-state index in [1.165, 1.54) is 0 Å². The molecule has 2 aliphatic rings. The van der Waals surface area contributed by atoms with Gasteiger partial charge >= 0.3 is 17.1 Å². The van der Waals surface area contributed by atoms with Crippen LogP contribution >= 0.6 is 0 Å². The summed E-state index contributed by atoms with van der Waals surface area (Å²) in [6.45, 7) is 3.36. The van der Waals surface area contributed by atoms with Gasteiger partial charge in [0.05, 0.1) is 0 Å². The fraction of sp³-hybridized carbons (Fsp3) is 0.400. The van der Waals surface area contributed by atoms with E-state index in [9.17, 15) is 10.2 Å². The molecule has 161 valence electrons. The van der Waals surface area contributed by atoms with Gasteiger partial charge in [-0.1, -0.05) is 60.7 Å². The van der Waals surface area contributed by atoms with Crippen molar-refractivity contribution >= 4 is 0 Å². The molecule has 0 aromatic heterocycles. The van der Waals surface area contributed by atoms with Crippen LogP contribution in [0, 0.1) is 0 Å². The van der Waals surface area contributed by atoms with Gasteiger partial charge in [-0.15, -0.1) is 13.1 Å². The average Bonchev–Trinajstić information content (AvgIpc) is 3.44. The molecule has 8 nitrogen and oxygen atoms in total. The Labute approximate surface area is 182 Å². The summed E-state index contributed by atoms with van der Waals surface area (Å²) in [5.74, 6) is 0. The largest absolute Gasteiger partial charge is 2.00 e. The molecule has 2 aromatic rings. The van der Waals surface area contributed by atoms with E-state index in [4.69, 9.17) is 0 Å². The average molecular weight is 448 g/mol. The number of nitrogens with one attached hydrogen (secondary N) is 4. The van der Waals surface area contributed by atoms with Gasteiger partial charge in [-0.05, 0) is 36.8 Å². The van der Waals surface area contributed by atoms with Gasteiger partial charge in [0.25, 0.3) is 0 Å². The van der Waals surface area contributed by atoms with E-state index >= 15 is 0 Å². The molecule has 29 heavy (non-hydrogen) atoms. The first-order valence-electron chi connectivity index (χ1n) is 9.50. The van der Waals surface area contributed by atoms with Crippen LogP contribution in [-0.4, -0.2) is 49.0 Å². The molecule has 9 heteroatoms. The summed E-state index contributed by atoms with van der Waals surface area (Å²) in [4.78, 5) is 0. The maximum atomic E-state index is 9.77. The molecule has 2 saturated heterocycles. The molecule has 0 spiro atoms. The van der Waals surface area contributed by atoms with E-state index in [1.54, 1.807) is 0 Å². The van der Waals surface area contributed by atoms with Crippen molar-refractivity contribution < 1.29 is 27.3 Å². The van der Waals surface area contributed by atoms with E-state index in [-0.39, 0.29) is 29.6 Å². The van der Waals surface area contributed by atoms with Crippen LogP contribution in [0.2, 0.25) is 0 Å². The number of benzene rings is 2. The third kappa shape index (κ3) is 8.12. The summed E-state index contributed by atoms with van der Waals surface area (Å²) >= 11 is 0. The van der Waals surface area contributed by atoms with Crippen molar-refractivity contribution in [2.75, 3.05) is 26.2 Å². The Balaban J connectivity index is 0.000000200. The fourth-order valence-corrected chi connectivity index (χ4v) is 2.90. The summed E-state index contributed by atoms with van der Waals surface area (Å²) in [6, 6.07) is 19.0. The van der Waals surface area contributed by atoms with Crippen LogP contribution in [0.15, 0.2) is 60.7 Å². The first-order chi connectivity index (χ1) is 13.7. The minimum absolute atomic E-state index is 0. The van der Waals surface area contributed by atoms with Crippen molar-refractivity contribution in [3.8, 4) is 0 Å². The molecule has 4 rings (SSSR count). The molecule has 0 amide bonds. The van der Waals surface area contributed by atoms with Crippen molar-refractivity contribution in [2.45, 2.75) is 25.0 Å². The number of hydrogen-bond donors (Lipinski definition) is 6. The minimum atomic E-state index is -0.657. The molecule has 0 aliphatic carbocycles. The summed E-state index contributed by atoms with van der Waals surface area (Å²) in [5, 5.41) is 40.2. The van der Waals surface area contributed by atoms with Gasteiger partial charge in [-0.2, -0.15) is 0 Å². The van der Waals surface area contributed by atoms with E-state index in [0.717, 1.165) is 37.3 Å². The fourth-order valence-electron chi connectivity index (χ4n) is 2.90. The first kappa shape index (κ1) is 23.9. The monoisotopic (exact) mass is 447 g/mol. The zero-order valence-corrected chi connectivity index (χ0v) is 16.9. The Morgan fingerprint density at radius 3 is 1.41 bits per heavy atom. The smallest absolute Gasteiger partial charge is 0.634 e. The van der Waals surface area contributed by atoms with Crippen molar-refractivity contribution in [1.82, 2.24) is 21.3 Å². The van der Waals surface area contributed by atoms with E-state index in [2.05, 4.69) is 31.9 Å². The SMILES string of the molecule is OC(NC1[N-]CCN1)c1ccccc1.OC(NC1[N-]CCN1)c1ccccc1.[Cu+2]. The van der Waals surface area contributed by atoms with Crippen molar-refractivity contribution in [3.63, 3.8) is 0 Å². The number of rotatable bonds is 6. The van der Waals surface area contributed by atoms with Gasteiger partial charge < -0.3 is 31.5 Å². The molecule has 4 atom stereocenters. The normalized spacial score (nSPS) is 22.8. The molecular formula is C20H28CuN6O2. The number of aliphatic hydroxyl groups excluding tert-OH is 2. The second-order valence-electron chi connectivity index (χ2n) is 6.49. The molecule has 2 aliphatic heterocycles. The molecule has 2 fully saturated rings.